The molecule has 3 N–H and O–H groups in total. The molecule has 9 nitrogen and oxygen atoms in total. The molecular weight excluding hydrogens is 512 g/mol. The lowest BCUT2D eigenvalue weighted by atomic mass is 9.98. The molecule has 0 saturated carbocycles. The lowest BCUT2D eigenvalue weighted by Crippen LogP contribution is -2.53. The van der Waals surface area contributed by atoms with Crippen LogP contribution in [-0.4, -0.2) is 57.7 Å². The quantitative estimate of drug-likeness (QED) is 0.460. The average Bonchev–Trinajstić information content (AvgIpc) is 3.20. The summed E-state index contributed by atoms with van der Waals surface area (Å²) in [7, 11) is 0. The third-order valence-electron chi connectivity index (χ3n) is 7.10. The summed E-state index contributed by atoms with van der Waals surface area (Å²) in [6.45, 7) is 6.83. The van der Waals surface area contributed by atoms with Gasteiger partial charge in [0.2, 0.25) is 5.91 Å². The SMILES string of the molecule is Cc1cc(C)c(CNC(=O)c2cc(Br)cc3c2cnn3C2CCN(C(=O)C3CNC3)CC2)c(=O)[nH]1. The number of aromatic amines is 1. The number of carbonyl (C=O) groups excluding carboxylic acids is 2. The maximum Gasteiger partial charge on any atom is 0.253 e. The van der Waals surface area contributed by atoms with Crippen LogP contribution in [0.1, 0.15) is 46.1 Å². The minimum Gasteiger partial charge on any atom is -0.348 e. The molecule has 4 heterocycles. The Morgan fingerprint density at radius 3 is 2.57 bits per heavy atom. The highest BCUT2D eigenvalue weighted by Crippen LogP contribution is 2.31. The number of aromatic nitrogens is 3. The summed E-state index contributed by atoms with van der Waals surface area (Å²) in [5, 5.41) is 11.5. The highest BCUT2D eigenvalue weighted by Gasteiger charge is 2.32. The molecule has 2 fully saturated rings. The molecule has 0 bridgehead atoms. The van der Waals surface area contributed by atoms with Gasteiger partial charge in [0.15, 0.2) is 0 Å². The predicted octanol–water partition coefficient (Wildman–Crippen LogP) is 2.42. The van der Waals surface area contributed by atoms with E-state index < -0.39 is 0 Å². The van der Waals surface area contributed by atoms with Crippen molar-refractivity contribution in [3.05, 3.63) is 61.6 Å². The number of fused-ring (bicyclic) bond motifs is 1. The number of hydrogen-bond donors (Lipinski definition) is 3. The first kappa shape index (κ1) is 23.7. The molecule has 3 aromatic rings. The Morgan fingerprint density at radius 2 is 1.91 bits per heavy atom. The third kappa shape index (κ3) is 4.64. The molecule has 2 aliphatic rings. The van der Waals surface area contributed by atoms with E-state index in [4.69, 9.17) is 0 Å². The number of halogens is 1. The van der Waals surface area contributed by atoms with E-state index in [2.05, 4.69) is 36.6 Å². The van der Waals surface area contributed by atoms with E-state index >= 15 is 0 Å². The fourth-order valence-electron chi connectivity index (χ4n) is 5.01. The number of pyridine rings is 1. The summed E-state index contributed by atoms with van der Waals surface area (Å²) in [5.41, 5.74) is 3.38. The molecule has 0 aliphatic carbocycles. The van der Waals surface area contributed by atoms with Gasteiger partial charge in [-0.15, -0.1) is 0 Å². The second-order valence-electron chi connectivity index (χ2n) is 9.51. The van der Waals surface area contributed by atoms with Crippen molar-refractivity contribution in [3.8, 4) is 0 Å². The summed E-state index contributed by atoms with van der Waals surface area (Å²) in [6, 6.07) is 5.82. The summed E-state index contributed by atoms with van der Waals surface area (Å²) < 4.78 is 2.77. The van der Waals surface area contributed by atoms with Crippen LogP contribution in [0, 0.1) is 19.8 Å². The van der Waals surface area contributed by atoms with Crippen LogP contribution in [0.3, 0.4) is 0 Å². The Kier molecular flexibility index (Phi) is 6.50. The number of nitrogens with one attached hydrogen (secondary N) is 3. The van der Waals surface area contributed by atoms with Gasteiger partial charge in [-0.3, -0.25) is 19.1 Å². The van der Waals surface area contributed by atoms with Crippen molar-refractivity contribution in [3.63, 3.8) is 0 Å². The first-order chi connectivity index (χ1) is 16.8. The molecule has 1 aromatic carbocycles. The molecule has 2 saturated heterocycles. The summed E-state index contributed by atoms with van der Waals surface area (Å²) in [6.07, 6.45) is 3.39. The second-order valence-corrected chi connectivity index (χ2v) is 10.4. The van der Waals surface area contributed by atoms with Crippen molar-refractivity contribution in [2.75, 3.05) is 26.2 Å². The van der Waals surface area contributed by atoms with Crippen LogP contribution in [0.15, 0.2) is 33.7 Å². The second kappa shape index (κ2) is 9.58. The Bertz CT molecular complexity index is 1350. The van der Waals surface area contributed by atoms with Crippen LogP contribution in [0.4, 0.5) is 0 Å². The normalized spacial score (nSPS) is 16.9. The zero-order valence-electron chi connectivity index (χ0n) is 19.9. The van der Waals surface area contributed by atoms with Gasteiger partial charge in [-0.05, 0) is 50.5 Å². The Labute approximate surface area is 211 Å². The summed E-state index contributed by atoms with van der Waals surface area (Å²) in [4.78, 5) is 42.8. The molecule has 0 radical (unpaired) electrons. The van der Waals surface area contributed by atoms with Crippen LogP contribution in [0.2, 0.25) is 0 Å². The molecule has 5 rings (SSSR count). The molecule has 2 aromatic heterocycles. The van der Waals surface area contributed by atoms with Crippen molar-refractivity contribution < 1.29 is 9.59 Å². The van der Waals surface area contributed by atoms with Crippen molar-refractivity contribution in [2.45, 2.75) is 39.3 Å². The summed E-state index contributed by atoms with van der Waals surface area (Å²) >= 11 is 3.55. The largest absolute Gasteiger partial charge is 0.348 e. The van der Waals surface area contributed by atoms with Gasteiger partial charge in [-0.2, -0.15) is 5.10 Å². The molecule has 2 aliphatic heterocycles. The van der Waals surface area contributed by atoms with Crippen molar-refractivity contribution in [2.24, 2.45) is 5.92 Å². The van der Waals surface area contributed by atoms with E-state index in [9.17, 15) is 14.4 Å². The van der Waals surface area contributed by atoms with Crippen LogP contribution < -0.4 is 16.2 Å². The van der Waals surface area contributed by atoms with E-state index in [0.717, 1.165) is 52.6 Å². The van der Waals surface area contributed by atoms with Gasteiger partial charge >= 0.3 is 0 Å². The van der Waals surface area contributed by atoms with Gasteiger partial charge in [0.1, 0.15) is 0 Å². The number of H-pyrrole nitrogens is 1. The first-order valence-electron chi connectivity index (χ1n) is 12.0. The van der Waals surface area contributed by atoms with E-state index in [1.807, 2.05) is 35.6 Å². The smallest absolute Gasteiger partial charge is 0.253 e. The Hall–Kier alpha value is -2.98. The van der Waals surface area contributed by atoms with Crippen LogP contribution in [-0.2, 0) is 11.3 Å². The van der Waals surface area contributed by atoms with Crippen LogP contribution >= 0.6 is 15.9 Å². The molecule has 184 valence electrons. The van der Waals surface area contributed by atoms with Gasteiger partial charge in [-0.1, -0.05) is 15.9 Å². The van der Waals surface area contributed by atoms with Crippen LogP contribution in [0.25, 0.3) is 10.9 Å². The number of nitrogens with zero attached hydrogens (tertiary/aromatic N) is 3. The highest BCUT2D eigenvalue weighted by atomic mass is 79.9. The molecule has 35 heavy (non-hydrogen) atoms. The lowest BCUT2D eigenvalue weighted by molar-refractivity contribution is -0.138. The minimum absolute atomic E-state index is 0.119. The lowest BCUT2D eigenvalue weighted by Gasteiger charge is -2.37. The van der Waals surface area contributed by atoms with E-state index in [1.54, 1.807) is 12.3 Å². The predicted molar refractivity (Wildman–Crippen MR) is 136 cm³/mol. The topological polar surface area (TPSA) is 112 Å². The van der Waals surface area contributed by atoms with Crippen molar-refractivity contribution >= 4 is 38.6 Å². The number of carbonyl (C=O) groups is 2. The number of likely N-dealkylation sites (tertiary alicyclic amines) is 1. The van der Waals surface area contributed by atoms with Crippen LogP contribution in [0.5, 0.6) is 0 Å². The minimum atomic E-state index is -0.259. The van der Waals surface area contributed by atoms with Crippen molar-refractivity contribution in [1.29, 1.82) is 0 Å². The molecule has 0 spiro atoms. The number of amides is 2. The van der Waals surface area contributed by atoms with Gasteiger partial charge < -0.3 is 20.5 Å². The maximum absolute atomic E-state index is 13.1. The standard InChI is InChI=1S/C25H29BrN6O3/c1-14-7-15(2)30-24(34)20(14)12-28-23(33)19-8-17(26)9-22-21(19)13-29-32(22)18-3-5-31(6-4-18)25(35)16-10-27-11-16/h7-9,13,16,18,27H,3-6,10-12H2,1-2H3,(H,28,33)(H,30,34). The van der Waals surface area contributed by atoms with Gasteiger partial charge in [0, 0.05) is 53.8 Å². The number of hydrogen-bond acceptors (Lipinski definition) is 5. The summed E-state index contributed by atoms with van der Waals surface area (Å²) in [5.74, 6) is 0.106. The zero-order valence-corrected chi connectivity index (χ0v) is 21.4. The number of benzene rings is 1. The third-order valence-corrected chi connectivity index (χ3v) is 7.56. The van der Waals surface area contributed by atoms with E-state index in [-0.39, 0.29) is 35.9 Å². The van der Waals surface area contributed by atoms with Crippen molar-refractivity contribution in [1.82, 2.24) is 30.3 Å². The van der Waals surface area contributed by atoms with Gasteiger partial charge in [-0.25, -0.2) is 0 Å². The molecule has 2 amide bonds. The Morgan fingerprint density at radius 1 is 1.17 bits per heavy atom. The first-order valence-corrected chi connectivity index (χ1v) is 12.7. The fourth-order valence-corrected chi connectivity index (χ4v) is 5.45. The fraction of sp³-hybridized carbons (Fsp3) is 0.440. The van der Waals surface area contributed by atoms with Gasteiger partial charge in [0.05, 0.1) is 29.2 Å². The number of piperidine rings is 1. The monoisotopic (exact) mass is 540 g/mol. The van der Waals surface area contributed by atoms with E-state index in [1.165, 1.54) is 0 Å². The Balaban J connectivity index is 1.33. The molecule has 0 unspecified atom stereocenters. The average molecular weight is 541 g/mol. The zero-order chi connectivity index (χ0) is 24.7. The number of aryl methyl sites for hydroxylation is 2. The molecule has 10 heteroatoms. The maximum atomic E-state index is 13.1. The van der Waals surface area contributed by atoms with E-state index in [0.29, 0.717) is 24.2 Å². The molecular formula is C25H29BrN6O3. The van der Waals surface area contributed by atoms with Gasteiger partial charge in [0.25, 0.3) is 11.5 Å². The number of rotatable bonds is 5. The highest BCUT2D eigenvalue weighted by molar-refractivity contribution is 9.10. The molecule has 0 atom stereocenters.